The Morgan fingerprint density at radius 2 is 2.03 bits per heavy atom. The zero-order chi connectivity index (χ0) is 21.0. The Labute approximate surface area is 170 Å². The molecule has 0 saturated carbocycles. The highest BCUT2D eigenvalue weighted by Gasteiger charge is 2.30. The lowest BCUT2D eigenvalue weighted by Gasteiger charge is -2.20. The molecule has 8 nitrogen and oxygen atoms in total. The average molecular weight is 417 g/mol. The quantitative estimate of drug-likeness (QED) is 0.709. The highest BCUT2D eigenvalue weighted by atomic mass is 32.2. The number of rotatable bonds is 7. The minimum Gasteiger partial charge on any atom is -0.350 e. The van der Waals surface area contributed by atoms with Crippen molar-refractivity contribution in [2.24, 2.45) is 0 Å². The molecule has 0 radical (unpaired) electrons. The largest absolute Gasteiger partial charge is 0.350 e. The lowest BCUT2D eigenvalue weighted by Crippen LogP contribution is -2.33. The van der Waals surface area contributed by atoms with Crippen LogP contribution in [0.1, 0.15) is 31.5 Å². The molecule has 1 aliphatic rings. The van der Waals surface area contributed by atoms with Gasteiger partial charge in [-0.25, -0.2) is 13.1 Å². The fourth-order valence-corrected chi connectivity index (χ4v) is 4.50. The lowest BCUT2D eigenvalue weighted by molar-refractivity contribution is -0.121. The first-order valence-electron chi connectivity index (χ1n) is 9.37. The van der Waals surface area contributed by atoms with E-state index in [2.05, 4.69) is 15.0 Å². The van der Waals surface area contributed by atoms with Crippen molar-refractivity contribution in [1.82, 2.24) is 15.0 Å². The number of hydrogen-bond donors (Lipinski definition) is 2. The van der Waals surface area contributed by atoms with E-state index in [9.17, 15) is 18.0 Å². The predicted octanol–water partition coefficient (Wildman–Crippen LogP) is 1.36. The summed E-state index contributed by atoms with van der Waals surface area (Å²) < 4.78 is 27.6. The summed E-state index contributed by atoms with van der Waals surface area (Å²) in [6, 6.07) is 10.2. The molecule has 1 unspecified atom stereocenters. The van der Waals surface area contributed by atoms with Crippen LogP contribution in [0, 0.1) is 0 Å². The molecule has 0 spiro atoms. The van der Waals surface area contributed by atoms with E-state index in [1.54, 1.807) is 35.4 Å². The Hall–Kier alpha value is -2.78. The Morgan fingerprint density at radius 1 is 1.24 bits per heavy atom. The number of hydrogen-bond acceptors (Lipinski definition) is 5. The number of nitrogens with zero attached hydrogens (tertiary/aromatic N) is 2. The number of carbonyl (C=O) groups excluding carboxylic acids is 2. The third-order valence-electron chi connectivity index (χ3n) is 4.75. The van der Waals surface area contributed by atoms with Gasteiger partial charge in [-0.1, -0.05) is 6.07 Å². The molecule has 0 bridgehead atoms. The topological polar surface area (TPSA) is 108 Å². The molecule has 2 heterocycles. The molecule has 1 aromatic heterocycles. The summed E-state index contributed by atoms with van der Waals surface area (Å²) in [4.78, 5) is 29.6. The average Bonchev–Trinajstić information content (AvgIpc) is 3.02. The second-order valence-corrected chi connectivity index (χ2v) is 8.75. The van der Waals surface area contributed by atoms with Crippen LogP contribution in [0.5, 0.6) is 0 Å². The van der Waals surface area contributed by atoms with Gasteiger partial charge in [0, 0.05) is 37.8 Å². The van der Waals surface area contributed by atoms with Gasteiger partial charge in [-0.15, -0.1) is 0 Å². The number of fused-ring (bicyclic) bond motifs is 1. The van der Waals surface area contributed by atoms with E-state index in [0.29, 0.717) is 13.0 Å². The fourth-order valence-electron chi connectivity index (χ4n) is 3.42. The molecule has 0 fully saturated rings. The standard InChI is InChI=1S/C20H24N4O4S/c1-14-11-16-12-18(6-7-19(16)24(14)15(2)25)29(27,28)23-10-8-20(26)22-13-17-5-3-4-9-21-17/h3-7,9,12,14,23H,8,10-11,13H2,1-2H3,(H,22,26). The van der Waals surface area contributed by atoms with Gasteiger partial charge < -0.3 is 10.2 Å². The molecular formula is C20H24N4O4S. The maximum absolute atomic E-state index is 12.6. The van der Waals surface area contributed by atoms with Gasteiger partial charge in [0.2, 0.25) is 21.8 Å². The van der Waals surface area contributed by atoms with Crippen molar-refractivity contribution in [2.45, 2.75) is 44.2 Å². The number of carbonyl (C=O) groups is 2. The summed E-state index contributed by atoms with van der Waals surface area (Å²) in [6.45, 7) is 3.71. The summed E-state index contributed by atoms with van der Waals surface area (Å²) in [5.74, 6) is -0.333. The van der Waals surface area contributed by atoms with Gasteiger partial charge in [0.15, 0.2) is 0 Å². The van der Waals surface area contributed by atoms with Crippen LogP contribution in [0.2, 0.25) is 0 Å². The van der Waals surface area contributed by atoms with E-state index in [4.69, 9.17) is 0 Å². The first kappa shape index (κ1) is 20.9. The van der Waals surface area contributed by atoms with E-state index < -0.39 is 10.0 Å². The van der Waals surface area contributed by atoms with Crippen molar-refractivity contribution < 1.29 is 18.0 Å². The SMILES string of the molecule is CC(=O)N1c2ccc(S(=O)(=O)NCCC(=O)NCc3ccccn3)cc2CC1C. The molecule has 29 heavy (non-hydrogen) atoms. The van der Waals surface area contributed by atoms with Crippen molar-refractivity contribution in [3.8, 4) is 0 Å². The molecule has 1 aromatic carbocycles. The Bertz CT molecular complexity index is 1010. The van der Waals surface area contributed by atoms with Gasteiger partial charge >= 0.3 is 0 Å². The third-order valence-corrected chi connectivity index (χ3v) is 6.21. The van der Waals surface area contributed by atoms with Crippen molar-refractivity contribution in [2.75, 3.05) is 11.4 Å². The third kappa shape index (κ3) is 4.99. The van der Waals surface area contributed by atoms with Crippen LogP contribution < -0.4 is 14.9 Å². The van der Waals surface area contributed by atoms with Crippen LogP contribution in [-0.4, -0.2) is 37.8 Å². The zero-order valence-corrected chi connectivity index (χ0v) is 17.2. The first-order valence-corrected chi connectivity index (χ1v) is 10.9. The molecule has 1 atom stereocenters. The maximum atomic E-state index is 12.6. The van der Waals surface area contributed by atoms with Gasteiger partial charge in [0.05, 0.1) is 17.1 Å². The number of anilines is 1. The molecule has 3 rings (SSSR count). The van der Waals surface area contributed by atoms with Crippen LogP contribution in [0.15, 0.2) is 47.5 Å². The highest BCUT2D eigenvalue weighted by molar-refractivity contribution is 7.89. The van der Waals surface area contributed by atoms with Crippen molar-refractivity contribution in [3.05, 3.63) is 53.9 Å². The Morgan fingerprint density at radius 3 is 2.72 bits per heavy atom. The van der Waals surface area contributed by atoms with Gasteiger partial charge in [-0.2, -0.15) is 0 Å². The van der Waals surface area contributed by atoms with Crippen molar-refractivity contribution in [1.29, 1.82) is 0 Å². The molecule has 1 aliphatic heterocycles. The van der Waals surface area contributed by atoms with Gasteiger partial charge in [0.1, 0.15) is 0 Å². The van der Waals surface area contributed by atoms with Crippen LogP contribution in [0.3, 0.4) is 0 Å². The summed E-state index contributed by atoms with van der Waals surface area (Å²) in [7, 11) is -3.75. The van der Waals surface area contributed by atoms with E-state index in [1.807, 2.05) is 13.0 Å². The van der Waals surface area contributed by atoms with Crippen molar-refractivity contribution >= 4 is 27.5 Å². The lowest BCUT2D eigenvalue weighted by atomic mass is 10.1. The molecule has 2 aromatic rings. The Kier molecular flexibility index (Phi) is 6.29. The molecule has 2 amide bonds. The number of benzene rings is 1. The predicted molar refractivity (Wildman–Crippen MR) is 109 cm³/mol. The van der Waals surface area contributed by atoms with Crippen molar-refractivity contribution in [3.63, 3.8) is 0 Å². The van der Waals surface area contributed by atoms with Crippen LogP contribution in [0.4, 0.5) is 5.69 Å². The first-order chi connectivity index (χ1) is 13.8. The van der Waals surface area contributed by atoms with Crippen LogP contribution in [0.25, 0.3) is 0 Å². The molecular weight excluding hydrogens is 392 g/mol. The zero-order valence-electron chi connectivity index (χ0n) is 16.4. The summed E-state index contributed by atoms with van der Waals surface area (Å²) in [6.07, 6.45) is 2.27. The summed E-state index contributed by atoms with van der Waals surface area (Å²) in [5.41, 5.74) is 2.30. The molecule has 9 heteroatoms. The molecule has 0 saturated heterocycles. The van der Waals surface area contributed by atoms with E-state index in [1.165, 1.54) is 13.0 Å². The summed E-state index contributed by atoms with van der Waals surface area (Å²) >= 11 is 0. The second kappa shape index (κ2) is 8.71. The monoisotopic (exact) mass is 416 g/mol. The normalized spacial score (nSPS) is 15.8. The Balaban J connectivity index is 1.56. The summed E-state index contributed by atoms with van der Waals surface area (Å²) in [5, 5.41) is 2.71. The number of pyridine rings is 1. The maximum Gasteiger partial charge on any atom is 0.240 e. The number of amides is 2. The van der Waals surface area contributed by atoms with Crippen LogP contribution in [-0.2, 0) is 32.6 Å². The second-order valence-electron chi connectivity index (χ2n) is 6.98. The minimum atomic E-state index is -3.75. The van der Waals surface area contributed by atoms with Gasteiger partial charge in [0.25, 0.3) is 0 Å². The number of sulfonamides is 1. The number of aromatic nitrogens is 1. The fraction of sp³-hybridized carbons (Fsp3) is 0.350. The van der Waals surface area contributed by atoms with Gasteiger partial charge in [-0.3, -0.25) is 14.6 Å². The molecule has 0 aliphatic carbocycles. The van der Waals surface area contributed by atoms with E-state index in [-0.39, 0.29) is 35.7 Å². The number of nitrogens with one attached hydrogen (secondary N) is 2. The highest BCUT2D eigenvalue weighted by Crippen LogP contribution is 2.33. The van der Waals surface area contributed by atoms with Gasteiger partial charge in [-0.05, 0) is 49.2 Å². The van der Waals surface area contributed by atoms with Crippen LogP contribution >= 0.6 is 0 Å². The van der Waals surface area contributed by atoms with E-state index >= 15 is 0 Å². The molecule has 2 N–H and O–H groups in total. The minimum absolute atomic E-state index is 0.00351. The smallest absolute Gasteiger partial charge is 0.240 e. The molecule has 154 valence electrons. The van der Waals surface area contributed by atoms with E-state index in [0.717, 1.165) is 16.9 Å².